The van der Waals surface area contributed by atoms with E-state index in [-0.39, 0.29) is 0 Å². The minimum absolute atomic E-state index is 0.348. The molecule has 0 atom stereocenters. The number of para-hydroxylation sites is 1. The van der Waals surface area contributed by atoms with Crippen molar-refractivity contribution in [3.8, 4) is 16.9 Å². The lowest BCUT2D eigenvalue weighted by molar-refractivity contribution is 0.477. The van der Waals surface area contributed by atoms with Crippen LogP contribution < -0.4 is 0 Å². The summed E-state index contributed by atoms with van der Waals surface area (Å²) in [6, 6.07) is 16.1. The van der Waals surface area contributed by atoms with Crippen molar-refractivity contribution in [3.63, 3.8) is 0 Å². The predicted octanol–water partition coefficient (Wildman–Crippen LogP) is 5.96. The van der Waals surface area contributed by atoms with Crippen molar-refractivity contribution in [3.05, 3.63) is 54.1 Å². The lowest BCUT2D eigenvalue weighted by Gasteiger charge is -2.06. The van der Waals surface area contributed by atoms with Gasteiger partial charge in [-0.15, -0.1) is 0 Å². The van der Waals surface area contributed by atoms with E-state index in [1.165, 1.54) is 44.1 Å². The third kappa shape index (κ3) is 4.93. The standard InChI is InChI=1S/C20H26O/c1-2-3-4-5-6-7-10-17-13-15-18(16-14-17)19-11-8-9-12-20(19)21/h8-9,11-16,21H,2-7,10H2,1H3. The van der Waals surface area contributed by atoms with Crippen molar-refractivity contribution in [1.29, 1.82) is 0 Å². The maximum Gasteiger partial charge on any atom is 0.123 e. The highest BCUT2D eigenvalue weighted by molar-refractivity contribution is 5.69. The van der Waals surface area contributed by atoms with Crippen molar-refractivity contribution >= 4 is 0 Å². The number of benzene rings is 2. The topological polar surface area (TPSA) is 20.2 Å². The van der Waals surface area contributed by atoms with E-state index < -0.39 is 0 Å². The average Bonchev–Trinajstić information content (AvgIpc) is 2.52. The van der Waals surface area contributed by atoms with Gasteiger partial charge in [0.1, 0.15) is 5.75 Å². The minimum atomic E-state index is 0.348. The molecule has 0 heterocycles. The molecule has 0 aliphatic rings. The van der Waals surface area contributed by atoms with Crippen molar-refractivity contribution < 1.29 is 5.11 Å². The Labute approximate surface area is 128 Å². The molecule has 0 aliphatic heterocycles. The fourth-order valence-electron chi connectivity index (χ4n) is 2.68. The second-order valence-corrected chi connectivity index (χ2v) is 5.73. The summed E-state index contributed by atoms with van der Waals surface area (Å²) in [5.74, 6) is 0.348. The van der Waals surface area contributed by atoms with Gasteiger partial charge in [-0.25, -0.2) is 0 Å². The van der Waals surface area contributed by atoms with Gasteiger partial charge in [0.15, 0.2) is 0 Å². The molecule has 0 aromatic heterocycles. The van der Waals surface area contributed by atoms with Crippen molar-refractivity contribution in [1.82, 2.24) is 0 Å². The minimum Gasteiger partial charge on any atom is -0.507 e. The van der Waals surface area contributed by atoms with E-state index in [2.05, 4.69) is 31.2 Å². The number of rotatable bonds is 8. The maximum atomic E-state index is 9.88. The van der Waals surface area contributed by atoms with Crippen LogP contribution in [0.3, 0.4) is 0 Å². The Morgan fingerprint density at radius 1 is 0.762 bits per heavy atom. The SMILES string of the molecule is CCCCCCCCc1ccc(-c2ccccc2O)cc1. The molecular weight excluding hydrogens is 256 g/mol. The molecule has 2 aromatic carbocycles. The Kier molecular flexibility index (Phi) is 6.33. The molecule has 2 aromatic rings. The highest BCUT2D eigenvalue weighted by atomic mass is 16.3. The summed E-state index contributed by atoms with van der Waals surface area (Å²) in [5.41, 5.74) is 3.38. The maximum absolute atomic E-state index is 9.88. The van der Waals surface area contributed by atoms with Gasteiger partial charge >= 0.3 is 0 Å². The molecular formula is C20H26O. The Bertz CT molecular complexity index is 528. The quantitative estimate of drug-likeness (QED) is 0.592. The van der Waals surface area contributed by atoms with Crippen LogP contribution >= 0.6 is 0 Å². The van der Waals surface area contributed by atoms with Gasteiger partial charge < -0.3 is 5.11 Å². The summed E-state index contributed by atoms with van der Waals surface area (Å²) in [7, 11) is 0. The second-order valence-electron chi connectivity index (χ2n) is 5.73. The van der Waals surface area contributed by atoms with Gasteiger partial charge in [0.05, 0.1) is 0 Å². The zero-order valence-electron chi connectivity index (χ0n) is 13.0. The molecule has 0 spiro atoms. The van der Waals surface area contributed by atoms with Gasteiger partial charge in [0, 0.05) is 5.56 Å². The first-order valence-corrected chi connectivity index (χ1v) is 8.18. The van der Waals surface area contributed by atoms with E-state index in [1.807, 2.05) is 18.2 Å². The number of hydrogen-bond acceptors (Lipinski definition) is 1. The molecule has 1 heteroatoms. The smallest absolute Gasteiger partial charge is 0.123 e. The summed E-state index contributed by atoms with van der Waals surface area (Å²) in [5, 5.41) is 9.88. The summed E-state index contributed by atoms with van der Waals surface area (Å²) < 4.78 is 0. The largest absolute Gasteiger partial charge is 0.507 e. The fraction of sp³-hybridized carbons (Fsp3) is 0.400. The van der Waals surface area contributed by atoms with Crippen molar-refractivity contribution in [2.45, 2.75) is 51.9 Å². The third-order valence-corrected chi connectivity index (χ3v) is 3.99. The first-order valence-electron chi connectivity index (χ1n) is 8.18. The van der Waals surface area contributed by atoms with Crippen LogP contribution in [0.2, 0.25) is 0 Å². The van der Waals surface area contributed by atoms with Crippen LogP contribution in [-0.4, -0.2) is 5.11 Å². The second kappa shape index (κ2) is 8.51. The first kappa shape index (κ1) is 15.6. The van der Waals surface area contributed by atoms with Crippen molar-refractivity contribution in [2.75, 3.05) is 0 Å². The van der Waals surface area contributed by atoms with Crippen LogP contribution in [-0.2, 0) is 6.42 Å². The summed E-state index contributed by atoms with van der Waals surface area (Å²) in [6.07, 6.45) is 9.20. The van der Waals surface area contributed by atoms with Crippen LogP contribution in [0.1, 0.15) is 51.0 Å². The molecule has 0 aliphatic carbocycles. The average molecular weight is 282 g/mol. The third-order valence-electron chi connectivity index (χ3n) is 3.99. The van der Waals surface area contributed by atoms with Crippen LogP contribution in [0, 0.1) is 0 Å². The number of phenolic OH excluding ortho intramolecular Hbond substituents is 1. The monoisotopic (exact) mass is 282 g/mol. The molecule has 0 bridgehead atoms. The molecule has 0 saturated heterocycles. The van der Waals surface area contributed by atoms with Gasteiger partial charge in [-0.3, -0.25) is 0 Å². The number of aromatic hydroxyl groups is 1. The van der Waals surface area contributed by atoms with Gasteiger partial charge in [-0.1, -0.05) is 81.5 Å². The lowest BCUT2D eigenvalue weighted by Crippen LogP contribution is -1.87. The number of phenols is 1. The van der Waals surface area contributed by atoms with Gasteiger partial charge in [-0.05, 0) is 30.0 Å². The van der Waals surface area contributed by atoms with E-state index in [0.717, 1.165) is 17.5 Å². The first-order chi connectivity index (χ1) is 10.3. The summed E-state index contributed by atoms with van der Waals surface area (Å²) in [6.45, 7) is 2.26. The molecule has 0 unspecified atom stereocenters. The zero-order chi connectivity index (χ0) is 14.9. The van der Waals surface area contributed by atoms with Gasteiger partial charge in [0.25, 0.3) is 0 Å². The summed E-state index contributed by atoms with van der Waals surface area (Å²) >= 11 is 0. The van der Waals surface area contributed by atoms with E-state index >= 15 is 0 Å². The fourth-order valence-corrected chi connectivity index (χ4v) is 2.68. The Balaban J connectivity index is 1.84. The molecule has 21 heavy (non-hydrogen) atoms. The van der Waals surface area contributed by atoms with E-state index in [9.17, 15) is 5.11 Å². The highest BCUT2D eigenvalue weighted by Crippen LogP contribution is 2.28. The lowest BCUT2D eigenvalue weighted by atomic mass is 10.0. The molecule has 2 rings (SSSR count). The van der Waals surface area contributed by atoms with Crippen molar-refractivity contribution in [2.24, 2.45) is 0 Å². The Hall–Kier alpha value is -1.76. The zero-order valence-corrected chi connectivity index (χ0v) is 13.0. The van der Waals surface area contributed by atoms with Crippen LogP contribution in [0.15, 0.2) is 48.5 Å². The van der Waals surface area contributed by atoms with Gasteiger partial charge in [0.2, 0.25) is 0 Å². The van der Waals surface area contributed by atoms with E-state index in [4.69, 9.17) is 0 Å². The van der Waals surface area contributed by atoms with Crippen LogP contribution in [0.4, 0.5) is 0 Å². The molecule has 0 fully saturated rings. The summed E-state index contributed by atoms with van der Waals surface area (Å²) in [4.78, 5) is 0. The molecule has 0 saturated carbocycles. The van der Waals surface area contributed by atoms with E-state index in [0.29, 0.717) is 5.75 Å². The van der Waals surface area contributed by atoms with Crippen LogP contribution in [0.5, 0.6) is 5.75 Å². The van der Waals surface area contributed by atoms with Gasteiger partial charge in [-0.2, -0.15) is 0 Å². The number of aryl methyl sites for hydroxylation is 1. The molecule has 1 N–H and O–H groups in total. The number of hydrogen-bond donors (Lipinski definition) is 1. The molecule has 112 valence electrons. The van der Waals surface area contributed by atoms with E-state index in [1.54, 1.807) is 6.07 Å². The number of unbranched alkanes of at least 4 members (excludes halogenated alkanes) is 5. The Morgan fingerprint density at radius 2 is 1.43 bits per heavy atom. The highest BCUT2D eigenvalue weighted by Gasteiger charge is 2.02. The predicted molar refractivity (Wildman–Crippen MR) is 90.6 cm³/mol. The van der Waals surface area contributed by atoms with Crippen LogP contribution in [0.25, 0.3) is 11.1 Å². The Morgan fingerprint density at radius 3 is 2.14 bits per heavy atom. The molecule has 1 nitrogen and oxygen atoms in total. The molecule has 0 radical (unpaired) electrons. The normalized spacial score (nSPS) is 10.7. The molecule has 0 amide bonds.